The van der Waals surface area contributed by atoms with Gasteiger partial charge in [0.2, 0.25) is 5.69 Å². The van der Waals surface area contributed by atoms with Gasteiger partial charge >= 0.3 is 11.8 Å². The largest absolute Gasteiger partial charge is 0.461 e. The van der Waals surface area contributed by atoms with E-state index in [-0.39, 0.29) is 5.69 Å². The Hall–Kier alpha value is -1.65. The standard InChI is InChI=1S/C9H11N2O3/c1-2-3-6-14-9(13)7-8(12)11-5-4-10-7/h4-5H,2-3,6H2,1H3. The lowest BCUT2D eigenvalue weighted by Gasteiger charge is -2.02. The highest BCUT2D eigenvalue weighted by Gasteiger charge is 2.15. The molecule has 0 atom stereocenters. The van der Waals surface area contributed by atoms with Gasteiger partial charge in [0, 0.05) is 12.4 Å². The van der Waals surface area contributed by atoms with E-state index in [2.05, 4.69) is 9.97 Å². The minimum atomic E-state index is -0.698. The van der Waals surface area contributed by atoms with Crippen molar-refractivity contribution >= 4 is 5.97 Å². The van der Waals surface area contributed by atoms with E-state index < -0.39 is 11.8 Å². The molecule has 0 aromatic carbocycles. The first-order chi connectivity index (χ1) is 6.75. The van der Waals surface area contributed by atoms with Gasteiger partial charge in [-0.05, 0) is 6.42 Å². The van der Waals surface area contributed by atoms with Crippen molar-refractivity contribution < 1.29 is 14.6 Å². The van der Waals surface area contributed by atoms with Gasteiger partial charge in [-0.1, -0.05) is 13.3 Å². The molecule has 0 saturated carbocycles. The Morgan fingerprint density at radius 1 is 1.43 bits per heavy atom. The predicted molar refractivity (Wildman–Crippen MR) is 47.4 cm³/mol. The van der Waals surface area contributed by atoms with Crippen LogP contribution in [-0.2, 0) is 9.84 Å². The number of nitrogens with zero attached hydrogens (tertiary/aromatic N) is 2. The summed E-state index contributed by atoms with van der Waals surface area (Å²) in [5, 5.41) is 11.0. The number of ether oxygens (including phenoxy) is 1. The van der Waals surface area contributed by atoms with E-state index in [0.29, 0.717) is 6.61 Å². The van der Waals surface area contributed by atoms with Gasteiger partial charge in [0.15, 0.2) is 0 Å². The van der Waals surface area contributed by atoms with Gasteiger partial charge in [-0.2, -0.15) is 0 Å². The molecule has 0 unspecified atom stereocenters. The highest BCUT2D eigenvalue weighted by molar-refractivity contribution is 5.89. The molecular formula is C9H11N2O3. The maximum Gasteiger partial charge on any atom is 0.362 e. The van der Waals surface area contributed by atoms with Gasteiger partial charge in [-0.15, -0.1) is 0 Å². The van der Waals surface area contributed by atoms with Gasteiger partial charge in [-0.3, -0.25) is 5.11 Å². The van der Waals surface area contributed by atoms with E-state index in [0.717, 1.165) is 12.8 Å². The summed E-state index contributed by atoms with van der Waals surface area (Å²) in [6, 6.07) is 0. The minimum absolute atomic E-state index is 0.247. The van der Waals surface area contributed by atoms with Crippen LogP contribution in [0.4, 0.5) is 0 Å². The van der Waals surface area contributed by atoms with Crippen LogP contribution in [-0.4, -0.2) is 22.5 Å². The molecule has 0 spiro atoms. The molecule has 0 amide bonds. The Morgan fingerprint density at radius 3 is 2.79 bits per heavy atom. The number of esters is 1. The molecule has 1 aromatic heterocycles. The fourth-order valence-corrected chi connectivity index (χ4v) is 0.843. The zero-order valence-corrected chi connectivity index (χ0v) is 7.90. The fourth-order valence-electron chi connectivity index (χ4n) is 0.843. The van der Waals surface area contributed by atoms with Crippen LogP contribution in [0.25, 0.3) is 0 Å². The summed E-state index contributed by atoms with van der Waals surface area (Å²) in [4.78, 5) is 18.2. The van der Waals surface area contributed by atoms with E-state index in [1.54, 1.807) is 0 Å². The highest BCUT2D eigenvalue weighted by atomic mass is 16.5. The van der Waals surface area contributed by atoms with Crippen molar-refractivity contribution in [3.8, 4) is 5.88 Å². The number of carbonyl (C=O) groups is 1. The normalized spacial score (nSPS) is 9.79. The van der Waals surface area contributed by atoms with Crippen LogP contribution in [0, 0.1) is 0 Å². The molecule has 0 bridgehead atoms. The molecule has 0 saturated heterocycles. The second-order valence-electron chi connectivity index (χ2n) is 2.70. The first kappa shape index (κ1) is 10.4. The fraction of sp³-hybridized carbons (Fsp3) is 0.444. The summed E-state index contributed by atoms with van der Waals surface area (Å²) in [6.07, 6.45) is 4.24. The van der Waals surface area contributed by atoms with Crippen molar-refractivity contribution in [2.75, 3.05) is 6.61 Å². The summed E-state index contributed by atoms with van der Waals surface area (Å²) in [5.41, 5.74) is -0.247. The number of rotatable bonds is 4. The monoisotopic (exact) mass is 195 g/mol. The molecule has 1 aromatic rings. The first-order valence-corrected chi connectivity index (χ1v) is 4.41. The third-order valence-corrected chi connectivity index (χ3v) is 1.59. The Bertz CT molecular complexity index is 315. The van der Waals surface area contributed by atoms with Gasteiger partial charge < -0.3 is 4.74 Å². The Labute approximate surface area is 81.8 Å². The number of hydrogen-bond acceptors (Lipinski definition) is 4. The Balaban J connectivity index is 2.56. The number of unbranched alkanes of at least 4 members (excludes halogenated alkanes) is 1. The van der Waals surface area contributed by atoms with Crippen LogP contribution < -0.4 is 0 Å². The van der Waals surface area contributed by atoms with Crippen LogP contribution in [0.5, 0.6) is 5.88 Å². The molecular weight excluding hydrogens is 184 g/mol. The van der Waals surface area contributed by atoms with E-state index in [4.69, 9.17) is 4.74 Å². The molecule has 1 rings (SSSR count). The Morgan fingerprint density at radius 2 is 2.14 bits per heavy atom. The second-order valence-corrected chi connectivity index (χ2v) is 2.70. The van der Waals surface area contributed by atoms with E-state index in [9.17, 15) is 9.90 Å². The maximum absolute atomic E-state index is 11.2. The van der Waals surface area contributed by atoms with E-state index in [1.807, 2.05) is 6.92 Å². The van der Waals surface area contributed by atoms with Crippen LogP contribution in [0.2, 0.25) is 0 Å². The van der Waals surface area contributed by atoms with Gasteiger partial charge in [-0.25, -0.2) is 14.8 Å². The molecule has 14 heavy (non-hydrogen) atoms. The van der Waals surface area contributed by atoms with Crippen molar-refractivity contribution in [2.45, 2.75) is 19.8 Å². The quantitative estimate of drug-likeness (QED) is 0.540. The first-order valence-electron chi connectivity index (χ1n) is 4.41. The maximum atomic E-state index is 11.2. The van der Waals surface area contributed by atoms with Gasteiger partial charge in [0.1, 0.15) is 0 Å². The summed E-state index contributed by atoms with van der Waals surface area (Å²) in [7, 11) is 0. The molecule has 0 aliphatic carbocycles. The van der Waals surface area contributed by atoms with E-state index >= 15 is 0 Å². The van der Waals surface area contributed by atoms with Gasteiger partial charge in [0.05, 0.1) is 6.61 Å². The van der Waals surface area contributed by atoms with Crippen molar-refractivity contribution in [3.63, 3.8) is 0 Å². The lowest BCUT2D eigenvalue weighted by Crippen LogP contribution is -2.08. The summed E-state index contributed by atoms with van der Waals surface area (Å²) in [6.45, 7) is 2.29. The molecule has 0 N–H and O–H groups in total. The molecule has 1 radical (unpaired) electrons. The lowest BCUT2D eigenvalue weighted by atomic mass is 10.3. The van der Waals surface area contributed by atoms with Crippen LogP contribution >= 0.6 is 0 Å². The topological polar surface area (TPSA) is 72.0 Å². The average molecular weight is 195 g/mol. The smallest absolute Gasteiger partial charge is 0.362 e. The Kier molecular flexibility index (Phi) is 3.84. The summed E-state index contributed by atoms with van der Waals surface area (Å²) < 4.78 is 4.81. The number of hydrogen-bond donors (Lipinski definition) is 0. The number of aromatic nitrogens is 2. The molecule has 5 heteroatoms. The molecule has 5 nitrogen and oxygen atoms in total. The van der Waals surface area contributed by atoms with Crippen LogP contribution in [0.1, 0.15) is 30.3 Å². The van der Waals surface area contributed by atoms with Crippen molar-refractivity contribution in [1.82, 2.24) is 9.97 Å². The lowest BCUT2D eigenvalue weighted by molar-refractivity contribution is 0.0485. The second kappa shape index (κ2) is 5.16. The van der Waals surface area contributed by atoms with Crippen molar-refractivity contribution in [2.24, 2.45) is 0 Å². The average Bonchev–Trinajstić information content (AvgIpc) is 2.18. The zero-order chi connectivity index (χ0) is 10.4. The summed E-state index contributed by atoms with van der Waals surface area (Å²) >= 11 is 0. The van der Waals surface area contributed by atoms with E-state index in [1.165, 1.54) is 12.4 Å². The third kappa shape index (κ3) is 2.69. The van der Waals surface area contributed by atoms with Crippen LogP contribution in [0.3, 0.4) is 0 Å². The molecule has 1 heterocycles. The minimum Gasteiger partial charge on any atom is -0.461 e. The predicted octanol–water partition coefficient (Wildman–Crippen LogP) is 1.58. The SMILES string of the molecule is CCCCOC(=O)c1nccnc1[O]. The van der Waals surface area contributed by atoms with Crippen molar-refractivity contribution in [3.05, 3.63) is 18.1 Å². The van der Waals surface area contributed by atoms with Gasteiger partial charge in [0.25, 0.3) is 0 Å². The van der Waals surface area contributed by atoms with Crippen LogP contribution in [0.15, 0.2) is 12.4 Å². The molecule has 0 aliphatic rings. The molecule has 0 aliphatic heterocycles. The number of carbonyl (C=O) groups excluding carboxylic acids is 1. The molecule has 0 fully saturated rings. The third-order valence-electron chi connectivity index (χ3n) is 1.59. The van der Waals surface area contributed by atoms with Crippen molar-refractivity contribution in [1.29, 1.82) is 0 Å². The highest BCUT2D eigenvalue weighted by Crippen LogP contribution is 2.10. The zero-order valence-electron chi connectivity index (χ0n) is 7.90. The molecule has 75 valence electrons. The summed E-state index contributed by atoms with van der Waals surface area (Å²) in [5.74, 6) is -1.34.